The van der Waals surface area contributed by atoms with E-state index in [0.29, 0.717) is 18.8 Å². The molecule has 0 radical (unpaired) electrons. The molecule has 0 saturated carbocycles. The lowest BCUT2D eigenvalue weighted by atomic mass is 10.1. The second kappa shape index (κ2) is 10.1. The van der Waals surface area contributed by atoms with Crippen LogP contribution in [-0.4, -0.2) is 25.6 Å². The molecule has 6 rings (SSSR count). The summed E-state index contributed by atoms with van der Waals surface area (Å²) in [5.74, 6) is -0.833. The van der Waals surface area contributed by atoms with Gasteiger partial charge in [0.05, 0.1) is 11.0 Å². The molecule has 4 aromatic carbocycles. The van der Waals surface area contributed by atoms with Crippen molar-refractivity contribution in [3.63, 3.8) is 0 Å². The van der Waals surface area contributed by atoms with E-state index >= 15 is 0 Å². The van der Waals surface area contributed by atoms with Gasteiger partial charge in [-0.15, -0.1) is 0 Å². The van der Waals surface area contributed by atoms with E-state index in [0.717, 1.165) is 50.8 Å². The highest BCUT2D eigenvalue weighted by Gasteiger charge is 2.16. The van der Waals surface area contributed by atoms with E-state index in [-0.39, 0.29) is 5.56 Å². The van der Waals surface area contributed by atoms with Crippen molar-refractivity contribution in [2.24, 2.45) is 5.73 Å². The van der Waals surface area contributed by atoms with E-state index in [2.05, 4.69) is 45.9 Å². The minimum atomic E-state index is -0.833. The number of nitrogens with one attached hydrogen (secondary N) is 1. The molecule has 0 aliphatic heterocycles. The average Bonchev–Trinajstić information content (AvgIpc) is 3.26. The van der Waals surface area contributed by atoms with Crippen molar-refractivity contribution in [1.29, 1.82) is 0 Å². The van der Waals surface area contributed by atoms with Crippen LogP contribution in [0.3, 0.4) is 0 Å². The number of carboxylic acid groups (broad SMARTS) is 1. The number of para-hydroxylation sites is 1. The zero-order valence-electron chi connectivity index (χ0n) is 20.3. The molecule has 0 fully saturated rings. The highest BCUT2D eigenvalue weighted by Crippen LogP contribution is 2.30. The molecule has 37 heavy (non-hydrogen) atoms. The Hall–Kier alpha value is -4.75. The molecule has 0 unspecified atom stereocenters. The largest absolute Gasteiger partial charge is 0.481 e. The molecule has 0 aliphatic carbocycles. The van der Waals surface area contributed by atoms with Gasteiger partial charge < -0.3 is 20.4 Å². The predicted molar refractivity (Wildman–Crippen MR) is 148 cm³/mol. The number of nitrogens with two attached hydrogens (primary N) is 1. The van der Waals surface area contributed by atoms with Gasteiger partial charge in [-0.3, -0.25) is 9.59 Å². The molecule has 0 bridgehead atoms. The van der Waals surface area contributed by atoms with Gasteiger partial charge in [0.2, 0.25) is 0 Å². The van der Waals surface area contributed by atoms with Crippen LogP contribution in [0.1, 0.15) is 18.1 Å². The van der Waals surface area contributed by atoms with Gasteiger partial charge in [-0.1, -0.05) is 72.8 Å². The van der Waals surface area contributed by atoms with E-state index in [1.807, 2.05) is 54.7 Å². The zero-order chi connectivity index (χ0) is 25.9. The van der Waals surface area contributed by atoms with Crippen molar-refractivity contribution < 1.29 is 9.90 Å². The number of carboxylic acids is 1. The predicted octanol–water partition coefficient (Wildman–Crippen LogP) is 5.30. The van der Waals surface area contributed by atoms with Gasteiger partial charge in [-0.2, -0.15) is 0 Å². The van der Waals surface area contributed by atoms with Crippen LogP contribution in [0.4, 0.5) is 0 Å². The molecule has 2 heterocycles. The Kier molecular flexibility index (Phi) is 6.53. The number of rotatable bonds is 4. The van der Waals surface area contributed by atoms with Crippen molar-refractivity contribution >= 4 is 38.7 Å². The van der Waals surface area contributed by atoms with E-state index < -0.39 is 5.97 Å². The van der Waals surface area contributed by atoms with Crippen LogP contribution < -0.4 is 11.3 Å². The maximum atomic E-state index is 13.1. The molecule has 0 spiro atoms. The minimum Gasteiger partial charge on any atom is -0.481 e. The van der Waals surface area contributed by atoms with Gasteiger partial charge in [-0.05, 0) is 28.6 Å². The molecule has 184 valence electrons. The smallest absolute Gasteiger partial charge is 0.300 e. The highest BCUT2D eigenvalue weighted by atomic mass is 16.4. The van der Waals surface area contributed by atoms with Crippen molar-refractivity contribution in [1.82, 2.24) is 14.5 Å². The molecular weight excluding hydrogens is 464 g/mol. The summed E-state index contributed by atoms with van der Waals surface area (Å²) in [6.07, 6.45) is 2.04. The van der Waals surface area contributed by atoms with Crippen LogP contribution in [0.2, 0.25) is 0 Å². The first kappa shape index (κ1) is 24.0. The Bertz CT molecular complexity index is 1800. The first-order valence-corrected chi connectivity index (χ1v) is 11.9. The lowest BCUT2D eigenvalue weighted by Gasteiger charge is -2.06. The number of benzene rings is 4. The zero-order valence-corrected chi connectivity index (χ0v) is 20.3. The molecule has 6 aromatic rings. The number of aliphatic carboxylic acids is 1. The lowest BCUT2D eigenvalue weighted by molar-refractivity contribution is -0.134. The van der Waals surface area contributed by atoms with Crippen LogP contribution in [0.25, 0.3) is 44.0 Å². The van der Waals surface area contributed by atoms with Crippen LogP contribution in [0.5, 0.6) is 0 Å². The third kappa shape index (κ3) is 4.85. The van der Waals surface area contributed by atoms with E-state index in [9.17, 15) is 4.79 Å². The fraction of sp³-hybridized carbons (Fsp3) is 0.100. The number of carbonyl (C=O) groups is 1. The summed E-state index contributed by atoms with van der Waals surface area (Å²) in [5.41, 5.74) is 11.7. The van der Waals surface area contributed by atoms with Gasteiger partial charge >= 0.3 is 0 Å². The van der Waals surface area contributed by atoms with Crippen molar-refractivity contribution in [3.05, 3.63) is 113 Å². The first-order chi connectivity index (χ1) is 17.9. The van der Waals surface area contributed by atoms with Crippen molar-refractivity contribution in [2.75, 3.05) is 0 Å². The van der Waals surface area contributed by atoms with Crippen molar-refractivity contribution in [2.45, 2.75) is 20.0 Å². The van der Waals surface area contributed by atoms with E-state index in [1.165, 1.54) is 5.56 Å². The Morgan fingerprint density at radius 1 is 0.919 bits per heavy atom. The number of aromatic amines is 1. The summed E-state index contributed by atoms with van der Waals surface area (Å²) in [6.45, 7) is 2.31. The second-order valence-corrected chi connectivity index (χ2v) is 8.82. The molecule has 0 amide bonds. The number of aromatic nitrogens is 3. The Morgan fingerprint density at radius 2 is 1.57 bits per heavy atom. The summed E-state index contributed by atoms with van der Waals surface area (Å²) in [4.78, 5) is 30.1. The molecule has 2 aromatic heterocycles. The van der Waals surface area contributed by atoms with Crippen LogP contribution in [0.15, 0.2) is 95.9 Å². The van der Waals surface area contributed by atoms with Gasteiger partial charge in [0.15, 0.2) is 0 Å². The van der Waals surface area contributed by atoms with Gasteiger partial charge in [0.25, 0.3) is 11.5 Å². The van der Waals surface area contributed by atoms with Crippen LogP contribution >= 0.6 is 0 Å². The van der Waals surface area contributed by atoms with Crippen LogP contribution in [-0.2, 0) is 17.9 Å². The third-order valence-electron chi connectivity index (χ3n) is 6.24. The Balaban J connectivity index is 0.000000655. The number of hydrogen-bond acceptors (Lipinski definition) is 4. The quantitative estimate of drug-likeness (QED) is 0.290. The minimum absolute atomic E-state index is 0.187. The van der Waals surface area contributed by atoms with E-state index in [1.54, 1.807) is 0 Å². The summed E-state index contributed by atoms with van der Waals surface area (Å²) in [7, 11) is 0. The van der Waals surface area contributed by atoms with Gasteiger partial charge in [0.1, 0.15) is 5.69 Å². The van der Waals surface area contributed by atoms with Crippen molar-refractivity contribution in [3.8, 4) is 11.3 Å². The second-order valence-electron chi connectivity index (χ2n) is 8.82. The number of H-pyrrole nitrogens is 1. The molecule has 7 nitrogen and oxygen atoms in total. The summed E-state index contributed by atoms with van der Waals surface area (Å²) >= 11 is 0. The number of nitrogens with zero attached hydrogens (tertiary/aromatic N) is 2. The van der Waals surface area contributed by atoms with Gasteiger partial charge in [0, 0.05) is 48.1 Å². The average molecular weight is 491 g/mol. The van der Waals surface area contributed by atoms with E-state index in [4.69, 9.17) is 20.6 Å². The topological polar surface area (TPSA) is 114 Å². The lowest BCUT2D eigenvalue weighted by Crippen LogP contribution is -2.11. The maximum absolute atomic E-state index is 13.1. The maximum Gasteiger partial charge on any atom is 0.300 e. The standard InChI is InChI=1S/C28H22N4O.C2H4O2/c29-15-18-9-11-19(12-10-18)16-32-17-23(22-7-3-4-8-25(22)32)27-28(33)30-24-14-13-20-5-1-2-6-21(20)26(24)31-27;1-2(3)4/h1-14,17H,15-16,29H2,(H,30,33);1H3,(H,3,4). The fourth-order valence-electron chi connectivity index (χ4n) is 4.55. The Morgan fingerprint density at radius 3 is 2.30 bits per heavy atom. The highest BCUT2D eigenvalue weighted by molar-refractivity contribution is 6.05. The molecule has 0 aliphatic rings. The molecule has 0 saturated heterocycles. The third-order valence-corrected chi connectivity index (χ3v) is 6.24. The summed E-state index contributed by atoms with van der Waals surface area (Å²) in [5, 5.41) is 10.5. The number of hydrogen-bond donors (Lipinski definition) is 3. The summed E-state index contributed by atoms with van der Waals surface area (Å²) in [6, 6.07) is 28.5. The normalized spacial score (nSPS) is 11.0. The van der Waals surface area contributed by atoms with Crippen LogP contribution in [0, 0.1) is 0 Å². The molecule has 0 atom stereocenters. The monoisotopic (exact) mass is 490 g/mol. The van der Waals surface area contributed by atoms with Gasteiger partial charge in [-0.25, -0.2) is 4.98 Å². The molecule has 7 heteroatoms. The number of fused-ring (bicyclic) bond motifs is 4. The SMILES string of the molecule is CC(=O)O.NCc1ccc(Cn2cc(-c3nc4c(ccc5ccccc54)[nH]c3=O)c3ccccc32)cc1. The summed E-state index contributed by atoms with van der Waals surface area (Å²) < 4.78 is 2.18. The molecule has 4 N–H and O–H groups in total. The fourth-order valence-corrected chi connectivity index (χ4v) is 4.55. The Labute approximate surface area is 212 Å². The molecular formula is C30H26N4O3. The first-order valence-electron chi connectivity index (χ1n) is 11.9.